The summed E-state index contributed by atoms with van der Waals surface area (Å²) in [6, 6.07) is 16.5. The predicted octanol–water partition coefficient (Wildman–Crippen LogP) is 4.23. The topological polar surface area (TPSA) is 30.7 Å². The summed E-state index contributed by atoms with van der Waals surface area (Å²) in [5.74, 6) is 0. The molecule has 0 amide bonds. The Morgan fingerprint density at radius 2 is 1.80 bits per heavy atom. The maximum atomic E-state index is 5.84. The van der Waals surface area contributed by atoms with E-state index in [1.54, 1.807) is 6.20 Å². The van der Waals surface area contributed by atoms with E-state index in [-0.39, 0.29) is 5.28 Å². The normalized spacial score (nSPS) is 11.2. The van der Waals surface area contributed by atoms with Crippen molar-refractivity contribution < 1.29 is 0 Å². The molecular weight excluding hydrogens is 270 g/mol. The first-order chi connectivity index (χ1) is 9.83. The van der Waals surface area contributed by atoms with Gasteiger partial charge in [-0.2, -0.15) is 0 Å². The summed E-state index contributed by atoms with van der Waals surface area (Å²) >= 11 is 5.84. The average Bonchev–Trinajstić information content (AvgIpc) is 2.89. The van der Waals surface area contributed by atoms with Crippen LogP contribution in [0.2, 0.25) is 5.28 Å². The van der Waals surface area contributed by atoms with E-state index in [0.29, 0.717) is 0 Å². The Hall–Kier alpha value is -2.39. The van der Waals surface area contributed by atoms with Crippen molar-refractivity contribution in [1.29, 1.82) is 0 Å². The highest BCUT2D eigenvalue weighted by atomic mass is 35.5. The minimum Gasteiger partial charge on any atom is -0.313 e. The maximum Gasteiger partial charge on any atom is 0.223 e. The van der Waals surface area contributed by atoms with Gasteiger partial charge in [-0.05, 0) is 29.1 Å². The molecule has 0 unspecified atom stereocenters. The minimum atomic E-state index is 0.271. The highest BCUT2D eigenvalue weighted by molar-refractivity contribution is 6.28. The van der Waals surface area contributed by atoms with Crippen LogP contribution in [0.1, 0.15) is 0 Å². The van der Waals surface area contributed by atoms with Crippen LogP contribution in [0.5, 0.6) is 0 Å². The lowest BCUT2D eigenvalue weighted by Crippen LogP contribution is -1.94. The fraction of sp³-hybridized carbons (Fsp3) is 0. The molecule has 0 N–H and O–H groups in total. The van der Waals surface area contributed by atoms with Crippen LogP contribution in [0.4, 0.5) is 0 Å². The maximum absolute atomic E-state index is 5.84. The van der Waals surface area contributed by atoms with Crippen LogP contribution in [-0.4, -0.2) is 14.5 Å². The van der Waals surface area contributed by atoms with Crippen LogP contribution in [-0.2, 0) is 0 Å². The van der Waals surface area contributed by atoms with E-state index in [4.69, 9.17) is 11.6 Å². The molecule has 0 atom stereocenters. The van der Waals surface area contributed by atoms with Gasteiger partial charge in [0.15, 0.2) is 0 Å². The highest BCUT2D eigenvalue weighted by Crippen LogP contribution is 2.26. The van der Waals surface area contributed by atoms with Gasteiger partial charge in [0.2, 0.25) is 5.28 Å². The third-order valence-electron chi connectivity index (χ3n) is 3.44. The number of fused-ring (bicyclic) bond motifs is 2. The molecule has 0 spiro atoms. The molecule has 4 rings (SSSR count). The van der Waals surface area contributed by atoms with Crippen LogP contribution >= 0.6 is 11.6 Å². The minimum absolute atomic E-state index is 0.271. The van der Waals surface area contributed by atoms with Crippen LogP contribution < -0.4 is 0 Å². The smallest absolute Gasteiger partial charge is 0.223 e. The summed E-state index contributed by atoms with van der Waals surface area (Å²) in [6.45, 7) is 0. The van der Waals surface area contributed by atoms with Crippen molar-refractivity contribution in [3.63, 3.8) is 0 Å². The zero-order chi connectivity index (χ0) is 13.5. The SMILES string of the molecule is Clc1ncc2c(ccn2-c2cccc3ccccc23)n1. The molecule has 0 aliphatic rings. The molecule has 0 aliphatic heterocycles. The monoisotopic (exact) mass is 279 g/mol. The van der Waals surface area contributed by atoms with Gasteiger partial charge in [0, 0.05) is 11.6 Å². The van der Waals surface area contributed by atoms with Gasteiger partial charge in [0.25, 0.3) is 0 Å². The second-order valence-corrected chi connectivity index (χ2v) is 4.93. The molecular formula is C16H10ClN3. The van der Waals surface area contributed by atoms with Crippen molar-refractivity contribution in [2.24, 2.45) is 0 Å². The van der Waals surface area contributed by atoms with Gasteiger partial charge in [0.1, 0.15) is 0 Å². The first-order valence-corrected chi connectivity index (χ1v) is 6.68. The average molecular weight is 280 g/mol. The Balaban J connectivity index is 2.06. The Morgan fingerprint density at radius 3 is 2.75 bits per heavy atom. The molecule has 0 bridgehead atoms. The molecule has 3 nitrogen and oxygen atoms in total. The van der Waals surface area contributed by atoms with E-state index in [1.807, 2.05) is 24.4 Å². The number of nitrogens with zero attached hydrogens (tertiary/aromatic N) is 3. The largest absolute Gasteiger partial charge is 0.313 e. The fourth-order valence-electron chi connectivity index (χ4n) is 2.53. The molecule has 0 radical (unpaired) electrons. The molecule has 0 saturated heterocycles. The molecule has 2 aromatic carbocycles. The molecule has 20 heavy (non-hydrogen) atoms. The molecule has 2 heterocycles. The number of hydrogen-bond donors (Lipinski definition) is 0. The zero-order valence-electron chi connectivity index (χ0n) is 10.5. The van der Waals surface area contributed by atoms with Crippen LogP contribution in [0.25, 0.3) is 27.5 Å². The quantitative estimate of drug-likeness (QED) is 0.488. The molecule has 2 aromatic heterocycles. The van der Waals surface area contributed by atoms with E-state index in [9.17, 15) is 0 Å². The van der Waals surface area contributed by atoms with Crippen molar-refractivity contribution in [3.05, 3.63) is 66.2 Å². The molecule has 4 heteroatoms. The third kappa shape index (κ3) is 1.67. The highest BCUT2D eigenvalue weighted by Gasteiger charge is 2.08. The second kappa shape index (κ2) is 4.32. The molecule has 0 aliphatic carbocycles. The van der Waals surface area contributed by atoms with Gasteiger partial charge < -0.3 is 4.57 Å². The van der Waals surface area contributed by atoms with E-state index in [2.05, 4.69) is 44.9 Å². The first kappa shape index (κ1) is 11.4. The Kier molecular flexibility index (Phi) is 2.47. The van der Waals surface area contributed by atoms with Crippen molar-refractivity contribution in [2.75, 3.05) is 0 Å². The van der Waals surface area contributed by atoms with E-state index in [1.165, 1.54) is 10.8 Å². The summed E-state index contributed by atoms with van der Waals surface area (Å²) in [6.07, 6.45) is 3.75. The Bertz CT molecular complexity index is 922. The van der Waals surface area contributed by atoms with Crippen molar-refractivity contribution in [3.8, 4) is 5.69 Å². The van der Waals surface area contributed by atoms with E-state index in [0.717, 1.165) is 16.7 Å². The Labute approximate surface area is 120 Å². The second-order valence-electron chi connectivity index (χ2n) is 4.59. The van der Waals surface area contributed by atoms with Crippen LogP contribution in [0.3, 0.4) is 0 Å². The summed E-state index contributed by atoms with van der Waals surface area (Å²) in [7, 11) is 0. The number of benzene rings is 2. The van der Waals surface area contributed by atoms with Gasteiger partial charge >= 0.3 is 0 Å². The van der Waals surface area contributed by atoms with Crippen LogP contribution in [0, 0.1) is 0 Å². The molecule has 0 fully saturated rings. The lowest BCUT2D eigenvalue weighted by atomic mass is 10.1. The molecule has 0 saturated carbocycles. The van der Waals surface area contributed by atoms with Gasteiger partial charge in [-0.25, -0.2) is 9.97 Å². The number of hydrogen-bond acceptors (Lipinski definition) is 2. The molecule has 4 aromatic rings. The van der Waals surface area contributed by atoms with Crippen molar-refractivity contribution >= 4 is 33.4 Å². The van der Waals surface area contributed by atoms with Gasteiger partial charge in [-0.1, -0.05) is 36.4 Å². The fourth-order valence-corrected chi connectivity index (χ4v) is 2.67. The van der Waals surface area contributed by atoms with Gasteiger partial charge in [0.05, 0.1) is 22.9 Å². The van der Waals surface area contributed by atoms with Crippen LogP contribution in [0.15, 0.2) is 60.9 Å². The number of aromatic nitrogens is 3. The van der Waals surface area contributed by atoms with Gasteiger partial charge in [-0.3, -0.25) is 0 Å². The van der Waals surface area contributed by atoms with Crippen molar-refractivity contribution in [2.45, 2.75) is 0 Å². The van der Waals surface area contributed by atoms with E-state index < -0.39 is 0 Å². The number of halogens is 1. The van der Waals surface area contributed by atoms with Gasteiger partial charge in [-0.15, -0.1) is 0 Å². The lowest BCUT2D eigenvalue weighted by molar-refractivity contribution is 1.12. The number of rotatable bonds is 1. The third-order valence-corrected chi connectivity index (χ3v) is 3.62. The Morgan fingerprint density at radius 1 is 0.950 bits per heavy atom. The first-order valence-electron chi connectivity index (χ1n) is 6.31. The zero-order valence-corrected chi connectivity index (χ0v) is 11.2. The summed E-state index contributed by atoms with van der Waals surface area (Å²) in [5.41, 5.74) is 2.91. The molecule has 96 valence electrons. The summed E-state index contributed by atoms with van der Waals surface area (Å²) in [5, 5.41) is 2.68. The standard InChI is InChI=1S/C16H10ClN3/c17-16-18-10-15-13(19-16)8-9-20(15)14-7-3-5-11-4-1-2-6-12(11)14/h1-10H. The predicted molar refractivity (Wildman–Crippen MR) is 81.4 cm³/mol. The summed E-state index contributed by atoms with van der Waals surface area (Å²) < 4.78 is 2.09. The summed E-state index contributed by atoms with van der Waals surface area (Å²) in [4.78, 5) is 8.31. The van der Waals surface area contributed by atoms with E-state index >= 15 is 0 Å². The lowest BCUT2D eigenvalue weighted by Gasteiger charge is -2.09. The van der Waals surface area contributed by atoms with Crippen molar-refractivity contribution in [1.82, 2.24) is 14.5 Å².